The third-order valence-electron chi connectivity index (χ3n) is 3.15. The molecule has 2 amide bonds. The number of anilines is 2. The number of amides is 2. The van der Waals surface area contributed by atoms with E-state index >= 15 is 0 Å². The smallest absolute Gasteiger partial charge is 0.411 e. The molecule has 1 aromatic rings. The highest BCUT2D eigenvalue weighted by Crippen LogP contribution is 2.15. The van der Waals surface area contributed by atoms with Crippen molar-refractivity contribution in [3.8, 4) is 0 Å². The molecule has 2 rings (SSSR count). The van der Waals surface area contributed by atoms with Crippen LogP contribution in [0.15, 0.2) is 24.3 Å². The Morgan fingerprint density at radius 3 is 2.57 bits per heavy atom. The van der Waals surface area contributed by atoms with E-state index in [-0.39, 0.29) is 5.91 Å². The fourth-order valence-electron chi connectivity index (χ4n) is 2.12. The van der Waals surface area contributed by atoms with Gasteiger partial charge in [0, 0.05) is 37.6 Å². The van der Waals surface area contributed by atoms with Crippen LogP contribution < -0.4 is 16.0 Å². The summed E-state index contributed by atoms with van der Waals surface area (Å²) in [4.78, 5) is 25.2. The van der Waals surface area contributed by atoms with Crippen molar-refractivity contribution in [2.75, 3.05) is 50.5 Å². The van der Waals surface area contributed by atoms with Gasteiger partial charge in [-0.15, -0.1) is 0 Å². The highest BCUT2D eigenvalue weighted by Gasteiger charge is 2.13. The summed E-state index contributed by atoms with van der Waals surface area (Å²) in [7, 11) is 1.30. The van der Waals surface area contributed by atoms with Crippen molar-refractivity contribution in [3.05, 3.63) is 24.3 Å². The van der Waals surface area contributed by atoms with Gasteiger partial charge in [0.1, 0.15) is 0 Å². The van der Waals surface area contributed by atoms with Gasteiger partial charge in [-0.05, 0) is 18.2 Å². The molecule has 21 heavy (non-hydrogen) atoms. The minimum atomic E-state index is -0.542. The third-order valence-corrected chi connectivity index (χ3v) is 3.15. The summed E-state index contributed by atoms with van der Waals surface area (Å²) in [5, 5.41) is 8.63. The molecule has 3 N–H and O–H groups in total. The zero-order chi connectivity index (χ0) is 15.1. The average Bonchev–Trinajstić information content (AvgIpc) is 2.48. The lowest BCUT2D eigenvalue weighted by Gasteiger charge is -2.26. The predicted octanol–water partition coefficient (Wildman–Crippen LogP) is 0.709. The van der Waals surface area contributed by atoms with Crippen LogP contribution >= 0.6 is 0 Å². The van der Waals surface area contributed by atoms with Gasteiger partial charge in [-0.1, -0.05) is 6.07 Å². The summed E-state index contributed by atoms with van der Waals surface area (Å²) >= 11 is 0. The first-order valence-electron chi connectivity index (χ1n) is 6.85. The Hall–Kier alpha value is -2.12. The molecule has 0 aromatic heterocycles. The molecule has 1 heterocycles. The Bertz CT molecular complexity index is 501. The van der Waals surface area contributed by atoms with Crippen LogP contribution in [0.2, 0.25) is 0 Å². The fraction of sp³-hybridized carbons (Fsp3) is 0.429. The molecule has 0 radical (unpaired) electrons. The number of hydrogen-bond acceptors (Lipinski definition) is 5. The molecule has 0 saturated carbocycles. The van der Waals surface area contributed by atoms with Crippen molar-refractivity contribution in [2.45, 2.75) is 0 Å². The SMILES string of the molecule is COC(=O)Nc1cccc(NC(=O)CN2CCNCC2)c1. The van der Waals surface area contributed by atoms with Crippen LogP contribution in [-0.4, -0.2) is 56.7 Å². The number of piperazine rings is 1. The summed E-state index contributed by atoms with van der Waals surface area (Å²) < 4.78 is 4.53. The highest BCUT2D eigenvalue weighted by atomic mass is 16.5. The average molecular weight is 292 g/mol. The number of nitrogens with zero attached hydrogens (tertiary/aromatic N) is 1. The van der Waals surface area contributed by atoms with E-state index in [1.807, 2.05) is 0 Å². The minimum Gasteiger partial charge on any atom is -0.453 e. The molecule has 7 heteroatoms. The molecule has 1 aromatic carbocycles. The molecule has 114 valence electrons. The second-order valence-electron chi connectivity index (χ2n) is 4.77. The molecule has 0 atom stereocenters. The van der Waals surface area contributed by atoms with Crippen molar-refractivity contribution in [3.63, 3.8) is 0 Å². The Balaban J connectivity index is 1.87. The first kappa shape index (κ1) is 15.3. The molecule has 1 aliphatic rings. The van der Waals surface area contributed by atoms with Crippen LogP contribution in [0.5, 0.6) is 0 Å². The third kappa shape index (κ3) is 5.05. The van der Waals surface area contributed by atoms with Crippen molar-refractivity contribution < 1.29 is 14.3 Å². The van der Waals surface area contributed by atoms with Crippen LogP contribution in [0.4, 0.5) is 16.2 Å². The number of carbonyl (C=O) groups is 2. The van der Waals surface area contributed by atoms with Gasteiger partial charge < -0.3 is 15.4 Å². The number of nitrogens with one attached hydrogen (secondary N) is 3. The van der Waals surface area contributed by atoms with E-state index in [0.717, 1.165) is 26.2 Å². The monoisotopic (exact) mass is 292 g/mol. The molecule has 7 nitrogen and oxygen atoms in total. The summed E-state index contributed by atoms with van der Waals surface area (Å²) in [6, 6.07) is 6.94. The van der Waals surface area contributed by atoms with Crippen molar-refractivity contribution in [1.29, 1.82) is 0 Å². The number of ether oxygens (including phenoxy) is 1. The number of methoxy groups -OCH3 is 1. The predicted molar refractivity (Wildman–Crippen MR) is 80.4 cm³/mol. The molecular formula is C14H20N4O3. The molecular weight excluding hydrogens is 272 g/mol. The second kappa shape index (κ2) is 7.61. The van der Waals surface area contributed by atoms with Crippen molar-refractivity contribution in [2.24, 2.45) is 0 Å². The van der Waals surface area contributed by atoms with Gasteiger partial charge in [0.15, 0.2) is 0 Å². The van der Waals surface area contributed by atoms with Gasteiger partial charge in [0.05, 0.1) is 13.7 Å². The fourth-order valence-corrected chi connectivity index (χ4v) is 2.12. The molecule has 0 aliphatic carbocycles. The lowest BCUT2D eigenvalue weighted by atomic mass is 10.2. The lowest BCUT2D eigenvalue weighted by molar-refractivity contribution is -0.117. The largest absolute Gasteiger partial charge is 0.453 e. The zero-order valence-corrected chi connectivity index (χ0v) is 12.0. The quantitative estimate of drug-likeness (QED) is 0.761. The Morgan fingerprint density at radius 1 is 1.24 bits per heavy atom. The molecule has 0 unspecified atom stereocenters. The number of rotatable bonds is 4. The van der Waals surface area contributed by atoms with Gasteiger partial charge in [-0.3, -0.25) is 15.0 Å². The van der Waals surface area contributed by atoms with E-state index in [4.69, 9.17) is 0 Å². The maximum absolute atomic E-state index is 12.0. The van der Waals surface area contributed by atoms with Gasteiger partial charge in [-0.2, -0.15) is 0 Å². The topological polar surface area (TPSA) is 82.7 Å². The van der Waals surface area contributed by atoms with E-state index < -0.39 is 6.09 Å². The van der Waals surface area contributed by atoms with Crippen molar-refractivity contribution in [1.82, 2.24) is 10.2 Å². The van der Waals surface area contributed by atoms with E-state index in [9.17, 15) is 9.59 Å². The summed E-state index contributed by atoms with van der Waals surface area (Å²) in [5.74, 6) is -0.0629. The summed E-state index contributed by atoms with van der Waals surface area (Å²) in [6.07, 6.45) is -0.542. The Labute approximate surface area is 123 Å². The number of carbonyl (C=O) groups excluding carboxylic acids is 2. The Morgan fingerprint density at radius 2 is 1.90 bits per heavy atom. The standard InChI is InChI=1S/C14H20N4O3/c1-21-14(20)17-12-4-2-3-11(9-12)16-13(19)10-18-7-5-15-6-8-18/h2-4,9,15H,5-8,10H2,1H3,(H,16,19)(H,17,20). The van der Waals surface area contributed by atoms with E-state index in [1.54, 1.807) is 24.3 Å². The van der Waals surface area contributed by atoms with Crippen LogP contribution in [-0.2, 0) is 9.53 Å². The lowest BCUT2D eigenvalue weighted by Crippen LogP contribution is -2.46. The zero-order valence-electron chi connectivity index (χ0n) is 12.0. The molecule has 0 spiro atoms. The van der Waals surface area contributed by atoms with Crippen LogP contribution in [0.1, 0.15) is 0 Å². The molecule has 0 bridgehead atoms. The van der Waals surface area contributed by atoms with E-state index in [2.05, 4.69) is 25.6 Å². The number of benzene rings is 1. The van der Waals surface area contributed by atoms with Crippen LogP contribution in [0, 0.1) is 0 Å². The minimum absolute atomic E-state index is 0.0629. The van der Waals surface area contributed by atoms with Gasteiger partial charge in [0.2, 0.25) is 5.91 Å². The van der Waals surface area contributed by atoms with Gasteiger partial charge >= 0.3 is 6.09 Å². The van der Waals surface area contributed by atoms with E-state index in [1.165, 1.54) is 7.11 Å². The summed E-state index contributed by atoms with van der Waals surface area (Å²) in [6.45, 7) is 3.93. The maximum Gasteiger partial charge on any atom is 0.411 e. The maximum atomic E-state index is 12.0. The normalized spacial score (nSPS) is 15.3. The Kier molecular flexibility index (Phi) is 5.53. The molecule has 1 fully saturated rings. The first-order chi connectivity index (χ1) is 10.2. The number of hydrogen-bond donors (Lipinski definition) is 3. The molecule has 1 saturated heterocycles. The molecule has 1 aliphatic heterocycles. The summed E-state index contributed by atoms with van der Waals surface area (Å²) in [5.41, 5.74) is 1.21. The highest BCUT2D eigenvalue weighted by molar-refractivity contribution is 5.93. The van der Waals surface area contributed by atoms with Gasteiger partial charge in [-0.25, -0.2) is 4.79 Å². The second-order valence-corrected chi connectivity index (χ2v) is 4.77. The van der Waals surface area contributed by atoms with Gasteiger partial charge in [0.25, 0.3) is 0 Å². The van der Waals surface area contributed by atoms with E-state index in [0.29, 0.717) is 17.9 Å². The first-order valence-corrected chi connectivity index (χ1v) is 6.85. The van der Waals surface area contributed by atoms with Crippen LogP contribution in [0.3, 0.4) is 0 Å². The van der Waals surface area contributed by atoms with Crippen LogP contribution in [0.25, 0.3) is 0 Å². The van der Waals surface area contributed by atoms with Crippen molar-refractivity contribution >= 4 is 23.4 Å².